The maximum Gasteiger partial charge on any atom is 0.118 e. The molecule has 0 saturated heterocycles. The van der Waals surface area contributed by atoms with E-state index in [1.54, 1.807) is 7.11 Å². The number of benzene rings is 1. The molecule has 0 radical (unpaired) electrons. The number of methoxy groups -OCH3 is 1. The Kier molecular flexibility index (Phi) is 9.44. The molecule has 0 N–H and O–H groups in total. The minimum atomic E-state index is 0.657. The van der Waals surface area contributed by atoms with E-state index in [2.05, 4.69) is 48.0 Å². The zero-order valence-corrected chi connectivity index (χ0v) is 15.0. The molecule has 1 aromatic carbocycles. The normalized spacial score (nSPS) is 13.2. The Labute approximate surface area is 137 Å². The van der Waals surface area contributed by atoms with Crippen molar-refractivity contribution in [3.63, 3.8) is 0 Å². The number of unbranched alkanes of at least 4 members (excludes halogenated alkanes) is 2. The van der Waals surface area contributed by atoms with Crippen molar-refractivity contribution >= 4 is 15.9 Å². The topological polar surface area (TPSA) is 18.5 Å². The van der Waals surface area contributed by atoms with Crippen molar-refractivity contribution in [1.29, 1.82) is 0 Å². The molecular formula is C18H27BrO2. The highest BCUT2D eigenvalue weighted by Gasteiger charge is 1.99. The Balaban J connectivity index is 2.03. The summed E-state index contributed by atoms with van der Waals surface area (Å²) in [5.74, 6) is 1.55. The molecule has 3 heteroatoms. The van der Waals surface area contributed by atoms with Crippen molar-refractivity contribution in [2.24, 2.45) is 5.92 Å². The average Bonchev–Trinajstić information content (AvgIpc) is 2.46. The Bertz CT molecular complexity index is 408. The number of ether oxygens (including phenoxy) is 2. The lowest BCUT2D eigenvalue weighted by Gasteiger charge is -2.07. The van der Waals surface area contributed by atoms with Crippen molar-refractivity contribution in [2.75, 3.05) is 13.7 Å². The first-order valence-corrected chi connectivity index (χ1v) is 8.45. The van der Waals surface area contributed by atoms with Crippen LogP contribution in [-0.4, -0.2) is 13.7 Å². The first-order chi connectivity index (χ1) is 10.1. The molecule has 0 aromatic heterocycles. The van der Waals surface area contributed by atoms with Crippen molar-refractivity contribution < 1.29 is 9.47 Å². The summed E-state index contributed by atoms with van der Waals surface area (Å²) in [6, 6.07) is 8.05. The molecule has 1 atom stereocenters. The standard InChI is InChI=1S/C18H27BrO2/c1-15(13-16(2)19)7-5-4-6-12-21-14-17-8-10-18(20-3)11-9-17/h8-11,13,15H,4-7,12,14H2,1-3H3/b16-13+/t15-/m1/s1. The van der Waals surface area contributed by atoms with Crippen LogP contribution in [0.1, 0.15) is 45.1 Å². The lowest BCUT2D eigenvalue weighted by atomic mass is 10.0. The molecule has 2 nitrogen and oxygen atoms in total. The molecule has 21 heavy (non-hydrogen) atoms. The molecule has 0 unspecified atom stereocenters. The molecule has 118 valence electrons. The van der Waals surface area contributed by atoms with E-state index in [0.717, 1.165) is 18.8 Å². The quantitative estimate of drug-likeness (QED) is 0.501. The van der Waals surface area contributed by atoms with Gasteiger partial charge in [-0.2, -0.15) is 0 Å². The van der Waals surface area contributed by atoms with Crippen LogP contribution in [0.15, 0.2) is 34.8 Å². The monoisotopic (exact) mass is 354 g/mol. The van der Waals surface area contributed by atoms with Crippen LogP contribution >= 0.6 is 15.9 Å². The Hall–Kier alpha value is -0.800. The molecule has 0 fully saturated rings. The summed E-state index contributed by atoms with van der Waals surface area (Å²) in [5.41, 5.74) is 1.20. The number of rotatable bonds is 10. The van der Waals surface area contributed by atoms with Crippen LogP contribution in [0.3, 0.4) is 0 Å². The molecule has 0 amide bonds. The van der Waals surface area contributed by atoms with Crippen LogP contribution in [0.4, 0.5) is 0 Å². The van der Waals surface area contributed by atoms with Gasteiger partial charge in [-0.25, -0.2) is 0 Å². The van der Waals surface area contributed by atoms with Crippen molar-refractivity contribution in [1.82, 2.24) is 0 Å². The molecule has 0 aliphatic heterocycles. The Morgan fingerprint density at radius 1 is 1.19 bits per heavy atom. The second-order valence-corrected chi connectivity index (χ2v) is 6.73. The molecule has 0 spiro atoms. The van der Waals surface area contributed by atoms with Crippen LogP contribution in [0.25, 0.3) is 0 Å². The van der Waals surface area contributed by atoms with Gasteiger partial charge in [0.25, 0.3) is 0 Å². The largest absolute Gasteiger partial charge is 0.497 e. The Morgan fingerprint density at radius 2 is 1.90 bits per heavy atom. The molecule has 1 rings (SSSR count). The maximum absolute atomic E-state index is 5.70. The molecule has 0 saturated carbocycles. The summed E-state index contributed by atoms with van der Waals surface area (Å²) in [4.78, 5) is 0. The summed E-state index contributed by atoms with van der Waals surface area (Å²) in [7, 11) is 1.68. The van der Waals surface area contributed by atoms with Crippen molar-refractivity contribution in [3.05, 3.63) is 40.4 Å². The van der Waals surface area contributed by atoms with E-state index < -0.39 is 0 Å². The third kappa shape index (κ3) is 8.94. The second kappa shape index (κ2) is 10.9. The summed E-state index contributed by atoms with van der Waals surface area (Å²) in [6.45, 7) is 5.88. The van der Waals surface area contributed by atoms with Crippen LogP contribution in [-0.2, 0) is 11.3 Å². The lowest BCUT2D eigenvalue weighted by Crippen LogP contribution is -1.97. The van der Waals surface area contributed by atoms with Gasteiger partial charge in [-0.3, -0.25) is 0 Å². The number of halogens is 1. The van der Waals surface area contributed by atoms with Gasteiger partial charge < -0.3 is 9.47 Å². The smallest absolute Gasteiger partial charge is 0.118 e. The van der Waals surface area contributed by atoms with E-state index in [0.29, 0.717) is 12.5 Å². The van der Waals surface area contributed by atoms with Crippen molar-refractivity contribution in [2.45, 2.75) is 46.1 Å². The molecule has 0 bridgehead atoms. The van der Waals surface area contributed by atoms with E-state index >= 15 is 0 Å². The highest BCUT2D eigenvalue weighted by atomic mass is 79.9. The number of allylic oxidation sites excluding steroid dienone is 2. The average molecular weight is 355 g/mol. The first kappa shape index (κ1) is 18.2. The van der Waals surface area contributed by atoms with Gasteiger partial charge in [0.15, 0.2) is 0 Å². The molecular weight excluding hydrogens is 328 g/mol. The third-order valence-electron chi connectivity index (χ3n) is 3.39. The van der Waals surface area contributed by atoms with Crippen LogP contribution in [0, 0.1) is 5.92 Å². The summed E-state index contributed by atoms with van der Waals surface area (Å²) < 4.78 is 12.1. The summed E-state index contributed by atoms with van der Waals surface area (Å²) in [6.07, 6.45) is 7.17. The molecule has 0 aliphatic rings. The lowest BCUT2D eigenvalue weighted by molar-refractivity contribution is 0.116. The SMILES string of the molecule is COc1ccc(COCCCCC[C@@H](C)/C=C(\C)Br)cc1. The van der Waals surface area contributed by atoms with Crippen LogP contribution < -0.4 is 4.74 Å². The fourth-order valence-corrected chi connectivity index (χ4v) is 2.69. The van der Waals surface area contributed by atoms with Crippen molar-refractivity contribution in [3.8, 4) is 5.75 Å². The minimum Gasteiger partial charge on any atom is -0.497 e. The highest BCUT2D eigenvalue weighted by Crippen LogP contribution is 2.15. The van der Waals surface area contributed by atoms with Gasteiger partial charge in [-0.05, 0) is 47.9 Å². The summed E-state index contributed by atoms with van der Waals surface area (Å²) in [5, 5.41) is 0. The minimum absolute atomic E-state index is 0.657. The molecule has 0 aliphatic carbocycles. The van der Waals surface area contributed by atoms with Crippen LogP contribution in [0.5, 0.6) is 5.75 Å². The van der Waals surface area contributed by atoms with Gasteiger partial charge in [0.1, 0.15) is 5.75 Å². The highest BCUT2D eigenvalue weighted by molar-refractivity contribution is 9.11. The van der Waals surface area contributed by atoms with Gasteiger partial charge in [-0.1, -0.05) is 53.9 Å². The second-order valence-electron chi connectivity index (χ2n) is 5.48. The van der Waals surface area contributed by atoms with E-state index in [1.165, 1.54) is 29.3 Å². The Morgan fingerprint density at radius 3 is 2.52 bits per heavy atom. The zero-order valence-electron chi connectivity index (χ0n) is 13.4. The van der Waals surface area contributed by atoms with E-state index in [4.69, 9.17) is 9.47 Å². The van der Waals surface area contributed by atoms with E-state index in [1.807, 2.05) is 12.1 Å². The zero-order chi connectivity index (χ0) is 15.5. The third-order valence-corrected chi connectivity index (χ3v) is 3.65. The van der Waals surface area contributed by atoms with Gasteiger partial charge >= 0.3 is 0 Å². The van der Waals surface area contributed by atoms with E-state index in [9.17, 15) is 0 Å². The molecule has 1 aromatic rings. The van der Waals surface area contributed by atoms with Crippen LogP contribution in [0.2, 0.25) is 0 Å². The first-order valence-electron chi connectivity index (χ1n) is 7.66. The predicted molar refractivity (Wildman–Crippen MR) is 93.0 cm³/mol. The van der Waals surface area contributed by atoms with Gasteiger partial charge in [0.2, 0.25) is 0 Å². The summed E-state index contributed by atoms with van der Waals surface area (Å²) >= 11 is 3.48. The van der Waals surface area contributed by atoms with Gasteiger partial charge in [-0.15, -0.1) is 0 Å². The number of hydrogen-bond donors (Lipinski definition) is 0. The fourth-order valence-electron chi connectivity index (χ4n) is 2.23. The fraction of sp³-hybridized carbons (Fsp3) is 0.556. The maximum atomic E-state index is 5.70. The van der Waals surface area contributed by atoms with Gasteiger partial charge in [0.05, 0.1) is 13.7 Å². The molecule has 0 heterocycles. The number of hydrogen-bond acceptors (Lipinski definition) is 2. The predicted octanol–water partition coefficient (Wildman–Crippen LogP) is 5.71. The van der Waals surface area contributed by atoms with Gasteiger partial charge in [0, 0.05) is 6.61 Å². The van der Waals surface area contributed by atoms with E-state index in [-0.39, 0.29) is 0 Å².